The first kappa shape index (κ1) is 15.7. The number of alkyl halides is 3. The fourth-order valence-corrected chi connectivity index (χ4v) is 1.35. The fraction of sp³-hybridized carbons (Fsp3) is 0.600. The largest absolute Gasteiger partial charge is 0.435 e. The maximum atomic E-state index is 12.2. The molecule has 1 heterocycles. The Bertz CT molecular complexity index is 538. The van der Waals surface area contributed by atoms with E-state index >= 15 is 0 Å². The first-order chi connectivity index (χ1) is 8.43. The molecule has 0 unspecified atom stereocenters. The van der Waals surface area contributed by atoms with Crippen molar-refractivity contribution in [2.75, 3.05) is 18.1 Å². The van der Waals surface area contributed by atoms with Gasteiger partial charge in [0.1, 0.15) is 5.82 Å². The Morgan fingerprint density at radius 1 is 1.21 bits per heavy atom. The summed E-state index contributed by atoms with van der Waals surface area (Å²) >= 11 is 0. The van der Waals surface area contributed by atoms with Gasteiger partial charge >= 0.3 is 6.18 Å². The molecular weight excluding hydrogens is 283 g/mol. The number of halogens is 3. The van der Waals surface area contributed by atoms with Crippen molar-refractivity contribution in [3.63, 3.8) is 0 Å². The van der Waals surface area contributed by atoms with E-state index in [-0.39, 0.29) is 12.4 Å². The molecule has 0 aliphatic heterocycles. The van der Waals surface area contributed by atoms with Crippen molar-refractivity contribution >= 4 is 15.7 Å². The molecule has 5 nitrogen and oxygen atoms in total. The fourth-order valence-electron chi connectivity index (χ4n) is 1.01. The highest BCUT2D eigenvalue weighted by atomic mass is 32.2. The Morgan fingerprint density at radius 2 is 1.79 bits per heavy atom. The molecule has 19 heavy (non-hydrogen) atoms. The second-order valence-electron chi connectivity index (χ2n) is 4.69. The Balaban J connectivity index is 2.76. The van der Waals surface area contributed by atoms with Gasteiger partial charge in [0, 0.05) is 12.8 Å². The number of sulfone groups is 1. The molecule has 1 N–H and O–H groups in total. The van der Waals surface area contributed by atoms with Crippen molar-refractivity contribution in [2.24, 2.45) is 0 Å². The lowest BCUT2D eigenvalue weighted by Gasteiger charge is -2.22. The molecule has 0 atom stereocenters. The first-order valence-electron chi connectivity index (χ1n) is 5.28. The molecule has 0 saturated carbocycles. The number of nitrogens with one attached hydrogen (secondary N) is 1. The highest BCUT2D eigenvalue weighted by Crippen LogP contribution is 2.27. The third-order valence-corrected chi connectivity index (χ3v) is 4.81. The molecule has 0 aliphatic carbocycles. The minimum Gasteiger partial charge on any atom is -0.367 e. The van der Waals surface area contributed by atoms with E-state index in [2.05, 4.69) is 15.5 Å². The van der Waals surface area contributed by atoms with Crippen molar-refractivity contribution in [2.45, 2.75) is 24.8 Å². The molecule has 0 aromatic carbocycles. The quantitative estimate of drug-likeness (QED) is 0.916. The van der Waals surface area contributed by atoms with Gasteiger partial charge in [-0.3, -0.25) is 0 Å². The van der Waals surface area contributed by atoms with Gasteiger partial charge in [-0.1, -0.05) is 0 Å². The molecular formula is C10H14F3N3O2S. The number of anilines is 1. The Kier molecular flexibility index (Phi) is 4.08. The molecule has 0 aliphatic rings. The van der Waals surface area contributed by atoms with E-state index in [1.807, 2.05) is 0 Å². The van der Waals surface area contributed by atoms with Gasteiger partial charge in [0.25, 0.3) is 0 Å². The van der Waals surface area contributed by atoms with Crippen LogP contribution < -0.4 is 5.32 Å². The Morgan fingerprint density at radius 3 is 2.16 bits per heavy atom. The summed E-state index contributed by atoms with van der Waals surface area (Å²) in [7, 11) is -3.29. The minimum absolute atomic E-state index is 0.0197. The summed E-state index contributed by atoms with van der Waals surface area (Å²) in [5, 5.41) is 9.03. The SMILES string of the molecule is CC(C)(CNc1ccc(C(F)(F)F)nn1)S(C)(=O)=O. The number of rotatable bonds is 4. The Hall–Kier alpha value is -1.38. The van der Waals surface area contributed by atoms with Crippen LogP contribution in [0.1, 0.15) is 19.5 Å². The second-order valence-corrected chi connectivity index (χ2v) is 7.34. The third kappa shape index (κ3) is 4.05. The van der Waals surface area contributed by atoms with Crippen LogP contribution in [0.2, 0.25) is 0 Å². The van der Waals surface area contributed by atoms with Crippen LogP contribution in [0.3, 0.4) is 0 Å². The van der Waals surface area contributed by atoms with Crippen LogP contribution in [0, 0.1) is 0 Å². The van der Waals surface area contributed by atoms with E-state index in [9.17, 15) is 21.6 Å². The van der Waals surface area contributed by atoms with Gasteiger partial charge in [0.2, 0.25) is 0 Å². The standard InChI is InChI=1S/C10H14F3N3O2S/c1-9(2,19(3,17)18)6-14-8-5-4-7(15-16-8)10(11,12)13/h4-5H,6H2,1-3H3,(H,14,16). The first-order valence-corrected chi connectivity index (χ1v) is 7.17. The summed E-state index contributed by atoms with van der Waals surface area (Å²) in [5.41, 5.74) is -1.10. The summed E-state index contributed by atoms with van der Waals surface area (Å²) in [6.45, 7) is 3.03. The van der Waals surface area contributed by atoms with E-state index < -0.39 is 26.5 Å². The van der Waals surface area contributed by atoms with Crippen LogP contribution in [0.5, 0.6) is 0 Å². The highest BCUT2D eigenvalue weighted by molar-refractivity contribution is 7.92. The molecule has 0 spiro atoms. The Labute approximate surface area is 109 Å². The smallest absolute Gasteiger partial charge is 0.367 e. The van der Waals surface area contributed by atoms with Gasteiger partial charge in [-0.2, -0.15) is 13.2 Å². The summed E-state index contributed by atoms with van der Waals surface area (Å²) in [6, 6.07) is 1.89. The molecule has 0 radical (unpaired) electrons. The number of hydrogen-bond acceptors (Lipinski definition) is 5. The summed E-state index contributed by atoms with van der Waals surface area (Å²) < 4.78 is 58.6. The number of nitrogens with zero attached hydrogens (tertiary/aromatic N) is 2. The van der Waals surface area contributed by atoms with Crippen LogP contribution in [-0.4, -0.2) is 36.2 Å². The van der Waals surface area contributed by atoms with Crippen LogP contribution in [0.4, 0.5) is 19.0 Å². The minimum atomic E-state index is -4.54. The summed E-state index contributed by atoms with van der Waals surface area (Å²) in [5.74, 6) is 0.0877. The molecule has 0 fully saturated rings. The zero-order chi connectivity index (χ0) is 14.9. The van der Waals surface area contributed by atoms with Crippen LogP contribution in [0.15, 0.2) is 12.1 Å². The monoisotopic (exact) mass is 297 g/mol. The molecule has 1 aromatic rings. The number of aromatic nitrogens is 2. The van der Waals surface area contributed by atoms with Crippen molar-refractivity contribution in [3.05, 3.63) is 17.8 Å². The van der Waals surface area contributed by atoms with E-state index in [4.69, 9.17) is 0 Å². The van der Waals surface area contributed by atoms with Gasteiger partial charge in [0.15, 0.2) is 15.5 Å². The van der Waals surface area contributed by atoms with Crippen molar-refractivity contribution in [1.29, 1.82) is 0 Å². The van der Waals surface area contributed by atoms with Crippen LogP contribution >= 0.6 is 0 Å². The lowest BCUT2D eigenvalue weighted by Crippen LogP contribution is -2.38. The molecule has 108 valence electrons. The van der Waals surface area contributed by atoms with Gasteiger partial charge in [-0.05, 0) is 26.0 Å². The lowest BCUT2D eigenvalue weighted by molar-refractivity contribution is -0.141. The lowest BCUT2D eigenvalue weighted by atomic mass is 10.2. The van der Waals surface area contributed by atoms with E-state index in [0.29, 0.717) is 0 Å². The molecule has 9 heteroatoms. The van der Waals surface area contributed by atoms with Crippen molar-refractivity contribution in [1.82, 2.24) is 10.2 Å². The predicted molar refractivity (Wildman–Crippen MR) is 64.4 cm³/mol. The van der Waals surface area contributed by atoms with Crippen molar-refractivity contribution in [3.8, 4) is 0 Å². The van der Waals surface area contributed by atoms with Crippen LogP contribution in [-0.2, 0) is 16.0 Å². The van der Waals surface area contributed by atoms with Gasteiger partial charge in [-0.15, -0.1) is 10.2 Å². The topological polar surface area (TPSA) is 72.0 Å². The predicted octanol–water partition coefficient (Wildman–Crippen LogP) is 1.73. The maximum absolute atomic E-state index is 12.2. The van der Waals surface area contributed by atoms with E-state index in [1.54, 1.807) is 0 Å². The van der Waals surface area contributed by atoms with Gasteiger partial charge < -0.3 is 5.32 Å². The van der Waals surface area contributed by atoms with Gasteiger partial charge in [0.05, 0.1) is 4.75 Å². The zero-order valence-electron chi connectivity index (χ0n) is 10.6. The average Bonchev–Trinajstić information content (AvgIpc) is 2.24. The molecule has 0 amide bonds. The van der Waals surface area contributed by atoms with Gasteiger partial charge in [-0.25, -0.2) is 8.42 Å². The molecule has 0 bridgehead atoms. The maximum Gasteiger partial charge on any atom is 0.435 e. The molecule has 1 rings (SSSR count). The molecule has 1 aromatic heterocycles. The summed E-state index contributed by atoms with van der Waals surface area (Å²) in [6.07, 6.45) is -3.45. The molecule has 0 saturated heterocycles. The third-order valence-electron chi connectivity index (χ3n) is 2.65. The number of hydrogen-bond donors (Lipinski definition) is 1. The summed E-state index contributed by atoms with van der Waals surface area (Å²) in [4.78, 5) is 0. The van der Waals surface area contributed by atoms with E-state index in [1.165, 1.54) is 13.8 Å². The average molecular weight is 297 g/mol. The van der Waals surface area contributed by atoms with Crippen LogP contribution in [0.25, 0.3) is 0 Å². The van der Waals surface area contributed by atoms with Crippen molar-refractivity contribution < 1.29 is 21.6 Å². The van der Waals surface area contributed by atoms with E-state index in [0.717, 1.165) is 18.4 Å². The zero-order valence-corrected chi connectivity index (χ0v) is 11.4. The normalized spacial score (nSPS) is 13.4. The second kappa shape index (κ2) is 4.95. The highest BCUT2D eigenvalue weighted by Gasteiger charge is 2.33.